The van der Waals surface area contributed by atoms with Crippen LogP contribution in [0.4, 0.5) is 4.79 Å². The molecule has 7 heteroatoms. The Bertz CT molecular complexity index is 974. The van der Waals surface area contributed by atoms with Gasteiger partial charge in [0.1, 0.15) is 6.61 Å². The van der Waals surface area contributed by atoms with E-state index in [2.05, 4.69) is 34.9 Å². The molecule has 182 valence electrons. The number of carboxylic acids is 1. The Labute approximate surface area is 200 Å². The number of fused-ring (bicyclic) bond motifs is 3. The topological polar surface area (TPSA) is 105 Å². The molecule has 0 saturated carbocycles. The zero-order valence-electron chi connectivity index (χ0n) is 20.0. The quantitative estimate of drug-likeness (QED) is 0.445. The van der Waals surface area contributed by atoms with Crippen molar-refractivity contribution in [2.45, 2.75) is 64.5 Å². The molecule has 3 N–H and O–H groups in total. The fourth-order valence-corrected chi connectivity index (χ4v) is 4.41. The molecule has 0 saturated heterocycles. The highest BCUT2D eigenvalue weighted by molar-refractivity contribution is 5.80. The Morgan fingerprint density at radius 3 is 2.09 bits per heavy atom. The summed E-state index contributed by atoms with van der Waals surface area (Å²) in [5, 5.41) is 14.6. The standard InChI is InChI=1S/C27H34N2O5/c1-4-18(13-14-26(31)32)28-25(30)15-24(17(2)3)29-27(33)34-16-23-21-11-7-5-9-19(21)20-10-6-8-12-22(20)23/h5-12,17-18,23-24H,4,13-16H2,1-3H3,(H,28,30)(H,29,33)(H,31,32)/t18?,24-/m1/s1. The summed E-state index contributed by atoms with van der Waals surface area (Å²) in [5.41, 5.74) is 4.61. The van der Waals surface area contributed by atoms with Gasteiger partial charge in [0.25, 0.3) is 0 Å². The number of aliphatic carboxylic acids is 1. The van der Waals surface area contributed by atoms with E-state index in [-0.39, 0.29) is 43.2 Å². The van der Waals surface area contributed by atoms with Gasteiger partial charge in [-0.05, 0) is 41.0 Å². The number of rotatable bonds is 11. The first-order valence-electron chi connectivity index (χ1n) is 11.9. The third kappa shape index (κ3) is 6.37. The number of carboxylic acid groups (broad SMARTS) is 1. The smallest absolute Gasteiger partial charge is 0.407 e. The van der Waals surface area contributed by atoms with Crippen LogP contribution in [0.2, 0.25) is 0 Å². The molecule has 0 radical (unpaired) electrons. The van der Waals surface area contributed by atoms with Crippen molar-refractivity contribution in [3.8, 4) is 11.1 Å². The molecule has 0 aromatic heterocycles. The first kappa shape index (κ1) is 25.3. The van der Waals surface area contributed by atoms with E-state index in [1.54, 1.807) is 0 Å². The normalized spacial score (nSPS) is 14.1. The van der Waals surface area contributed by atoms with E-state index in [4.69, 9.17) is 9.84 Å². The minimum atomic E-state index is -0.885. The molecular formula is C27H34N2O5. The third-order valence-electron chi connectivity index (χ3n) is 6.42. The highest BCUT2D eigenvalue weighted by Crippen LogP contribution is 2.44. The van der Waals surface area contributed by atoms with Gasteiger partial charge in [0.2, 0.25) is 5.91 Å². The minimum absolute atomic E-state index is 0.00436. The summed E-state index contributed by atoms with van der Waals surface area (Å²) in [7, 11) is 0. The number of nitrogens with one attached hydrogen (secondary N) is 2. The van der Waals surface area contributed by atoms with Gasteiger partial charge in [0.15, 0.2) is 0 Å². The fourth-order valence-electron chi connectivity index (χ4n) is 4.41. The number of carbonyl (C=O) groups is 3. The van der Waals surface area contributed by atoms with Crippen molar-refractivity contribution in [1.82, 2.24) is 10.6 Å². The number of alkyl carbamates (subject to hydrolysis) is 1. The molecule has 0 heterocycles. The summed E-state index contributed by atoms with van der Waals surface area (Å²) in [6.45, 7) is 5.98. The van der Waals surface area contributed by atoms with Crippen LogP contribution in [0.3, 0.4) is 0 Å². The number of hydrogen-bond acceptors (Lipinski definition) is 4. The summed E-state index contributed by atoms with van der Waals surface area (Å²) >= 11 is 0. The molecule has 2 aromatic carbocycles. The average Bonchev–Trinajstić information content (AvgIpc) is 3.13. The Morgan fingerprint density at radius 2 is 1.56 bits per heavy atom. The van der Waals surface area contributed by atoms with Crippen LogP contribution in [-0.2, 0) is 14.3 Å². The average molecular weight is 467 g/mol. The molecule has 2 atom stereocenters. The largest absolute Gasteiger partial charge is 0.481 e. The van der Waals surface area contributed by atoms with Gasteiger partial charge in [-0.2, -0.15) is 0 Å². The summed E-state index contributed by atoms with van der Waals surface area (Å²) < 4.78 is 5.62. The third-order valence-corrected chi connectivity index (χ3v) is 6.42. The molecular weight excluding hydrogens is 432 g/mol. The molecule has 0 fully saturated rings. The molecule has 3 rings (SSSR count). The molecule has 0 spiro atoms. The van der Waals surface area contributed by atoms with Crippen LogP contribution in [0.5, 0.6) is 0 Å². The second-order valence-corrected chi connectivity index (χ2v) is 9.13. The lowest BCUT2D eigenvalue weighted by molar-refractivity contribution is -0.137. The maximum Gasteiger partial charge on any atom is 0.407 e. The summed E-state index contributed by atoms with van der Waals surface area (Å²) in [4.78, 5) is 36.0. The van der Waals surface area contributed by atoms with Crippen LogP contribution in [-0.4, -0.2) is 41.8 Å². The second kappa shape index (κ2) is 11.7. The predicted molar refractivity (Wildman–Crippen MR) is 131 cm³/mol. The van der Waals surface area contributed by atoms with Crippen LogP contribution in [0.1, 0.15) is 63.5 Å². The highest BCUT2D eigenvalue weighted by Gasteiger charge is 2.29. The Morgan fingerprint density at radius 1 is 0.971 bits per heavy atom. The Kier molecular flexibility index (Phi) is 8.68. The van der Waals surface area contributed by atoms with Gasteiger partial charge in [-0.3, -0.25) is 9.59 Å². The highest BCUT2D eigenvalue weighted by atomic mass is 16.5. The van der Waals surface area contributed by atoms with E-state index in [1.165, 1.54) is 0 Å². The number of benzene rings is 2. The van der Waals surface area contributed by atoms with Crippen molar-refractivity contribution in [1.29, 1.82) is 0 Å². The zero-order chi connectivity index (χ0) is 24.7. The van der Waals surface area contributed by atoms with Gasteiger partial charge in [0.05, 0.1) is 0 Å². The molecule has 2 aromatic rings. The maximum atomic E-state index is 12.6. The summed E-state index contributed by atoms with van der Waals surface area (Å²) in [6, 6.07) is 15.7. The zero-order valence-corrected chi connectivity index (χ0v) is 20.0. The van der Waals surface area contributed by atoms with Gasteiger partial charge >= 0.3 is 12.1 Å². The van der Waals surface area contributed by atoms with E-state index in [1.807, 2.05) is 45.0 Å². The van der Waals surface area contributed by atoms with Crippen LogP contribution in [0.15, 0.2) is 48.5 Å². The Balaban J connectivity index is 1.56. The van der Waals surface area contributed by atoms with E-state index in [9.17, 15) is 14.4 Å². The molecule has 7 nitrogen and oxygen atoms in total. The van der Waals surface area contributed by atoms with Crippen molar-refractivity contribution in [3.63, 3.8) is 0 Å². The first-order valence-corrected chi connectivity index (χ1v) is 11.9. The van der Waals surface area contributed by atoms with Crippen molar-refractivity contribution in [2.75, 3.05) is 6.61 Å². The molecule has 1 aliphatic carbocycles. The lowest BCUT2D eigenvalue weighted by atomic mass is 9.98. The second-order valence-electron chi connectivity index (χ2n) is 9.13. The van der Waals surface area contributed by atoms with E-state index < -0.39 is 18.1 Å². The van der Waals surface area contributed by atoms with Gasteiger partial charge in [-0.25, -0.2) is 4.79 Å². The van der Waals surface area contributed by atoms with Crippen molar-refractivity contribution in [2.24, 2.45) is 5.92 Å². The SMILES string of the molecule is CCC(CCC(=O)O)NC(=O)C[C@@H](NC(=O)OCC1c2ccccc2-c2ccccc21)C(C)C. The number of hydrogen-bond donors (Lipinski definition) is 3. The number of ether oxygens (including phenoxy) is 1. The number of carbonyl (C=O) groups excluding carboxylic acids is 2. The lowest BCUT2D eigenvalue weighted by Crippen LogP contribution is -2.44. The molecule has 0 bridgehead atoms. The van der Waals surface area contributed by atoms with Crippen LogP contribution in [0, 0.1) is 5.92 Å². The molecule has 1 unspecified atom stereocenters. The summed E-state index contributed by atoms with van der Waals surface area (Å²) in [5.74, 6) is -1.11. The molecule has 34 heavy (non-hydrogen) atoms. The predicted octanol–water partition coefficient (Wildman–Crippen LogP) is 4.70. The van der Waals surface area contributed by atoms with Crippen molar-refractivity contribution in [3.05, 3.63) is 59.7 Å². The first-order chi connectivity index (χ1) is 16.3. The van der Waals surface area contributed by atoms with Crippen LogP contribution in [0.25, 0.3) is 11.1 Å². The Hall–Kier alpha value is -3.35. The van der Waals surface area contributed by atoms with Crippen LogP contribution >= 0.6 is 0 Å². The van der Waals surface area contributed by atoms with Gasteiger partial charge in [-0.15, -0.1) is 0 Å². The van der Waals surface area contributed by atoms with Gasteiger partial charge < -0.3 is 20.5 Å². The van der Waals surface area contributed by atoms with Gasteiger partial charge in [-0.1, -0.05) is 69.3 Å². The minimum Gasteiger partial charge on any atom is -0.481 e. The van der Waals surface area contributed by atoms with Gasteiger partial charge in [0, 0.05) is 30.8 Å². The lowest BCUT2D eigenvalue weighted by Gasteiger charge is -2.24. The van der Waals surface area contributed by atoms with E-state index in [0.717, 1.165) is 22.3 Å². The molecule has 1 aliphatic rings. The fraction of sp³-hybridized carbons (Fsp3) is 0.444. The van der Waals surface area contributed by atoms with Crippen LogP contribution < -0.4 is 10.6 Å². The maximum absolute atomic E-state index is 12.6. The summed E-state index contributed by atoms with van der Waals surface area (Å²) in [6.07, 6.45) is 0.580. The molecule has 2 amide bonds. The monoisotopic (exact) mass is 466 g/mol. The number of amides is 2. The molecule has 0 aliphatic heterocycles. The van der Waals surface area contributed by atoms with Crippen molar-refractivity contribution < 1.29 is 24.2 Å². The van der Waals surface area contributed by atoms with Crippen molar-refractivity contribution >= 4 is 18.0 Å². The van der Waals surface area contributed by atoms with E-state index in [0.29, 0.717) is 12.8 Å². The van der Waals surface area contributed by atoms with E-state index >= 15 is 0 Å².